The van der Waals surface area contributed by atoms with Crippen LogP contribution in [0.3, 0.4) is 0 Å². The summed E-state index contributed by atoms with van der Waals surface area (Å²) in [6.45, 7) is 7.64. The summed E-state index contributed by atoms with van der Waals surface area (Å²) in [5.74, 6) is 2.38. The second-order valence-electron chi connectivity index (χ2n) is 35.4. The topological polar surface area (TPSA) is 85.1 Å². The molecule has 3 aliphatic carbocycles. The molecule has 2 atom stereocenters. The van der Waals surface area contributed by atoms with E-state index in [1.165, 1.54) is 112 Å². The van der Waals surface area contributed by atoms with Gasteiger partial charge >= 0.3 is 0 Å². The number of pyridine rings is 8. The molecular weight excluding hydrogens is 2210 g/mol. The van der Waals surface area contributed by atoms with Crippen LogP contribution in [0.15, 0.2) is 401 Å². The molecule has 11 aromatic carbocycles. The molecule has 0 amide bonds. The van der Waals surface area contributed by atoms with Crippen molar-refractivity contribution in [2.24, 2.45) is 5.92 Å². The van der Waals surface area contributed by atoms with Crippen molar-refractivity contribution in [2.45, 2.75) is 129 Å². The molecule has 3 radical (unpaired) electrons. The Morgan fingerprint density at radius 1 is 0.348 bits per heavy atom. The van der Waals surface area contributed by atoms with Gasteiger partial charge in [-0.15, -0.1) is 227 Å². The molecule has 4 aliphatic rings. The average molecular weight is 2320 g/mol. The van der Waals surface area contributed by atoms with Crippen LogP contribution in [0.25, 0.3) is 107 Å². The molecule has 689 valence electrons. The molecular formula is C127H108Ir3N8-6. The molecule has 2 unspecified atom stereocenters. The Balaban J connectivity index is 0.000000135. The average Bonchev–Trinajstić information content (AvgIpc) is 1.58. The molecule has 19 aromatic rings. The molecule has 0 saturated heterocycles. The first-order chi connectivity index (χ1) is 66.6. The van der Waals surface area contributed by atoms with Gasteiger partial charge in [0.25, 0.3) is 0 Å². The summed E-state index contributed by atoms with van der Waals surface area (Å²) >= 11 is 0. The predicted octanol–water partition coefficient (Wildman–Crippen LogP) is 27.9. The Morgan fingerprint density at radius 2 is 0.862 bits per heavy atom. The monoisotopic (exact) mass is 2320 g/mol. The van der Waals surface area contributed by atoms with Crippen molar-refractivity contribution < 1.29 is 69.5 Å². The fourth-order valence-corrected chi connectivity index (χ4v) is 18.5. The minimum atomic E-state index is 0. The van der Waals surface area contributed by atoms with Gasteiger partial charge in [0.1, 0.15) is 6.20 Å². The van der Waals surface area contributed by atoms with Crippen LogP contribution in [0.2, 0.25) is 0 Å². The quantitative estimate of drug-likeness (QED) is 0.0558. The van der Waals surface area contributed by atoms with Crippen LogP contribution in [0.1, 0.15) is 130 Å². The molecule has 0 spiro atoms. The first kappa shape index (κ1) is 99.1. The third-order valence-electron chi connectivity index (χ3n) is 25.6. The Labute approximate surface area is 856 Å². The molecule has 1 saturated carbocycles. The van der Waals surface area contributed by atoms with Crippen molar-refractivity contribution in [3.8, 4) is 107 Å². The molecule has 1 aliphatic heterocycles. The zero-order chi connectivity index (χ0) is 91.5. The molecule has 8 aromatic heterocycles. The van der Waals surface area contributed by atoms with Crippen LogP contribution in [-0.4, -0.2) is 29.9 Å². The molecule has 0 N–H and O–H groups in total. The van der Waals surface area contributed by atoms with Gasteiger partial charge in [-0.3, -0.25) is 0 Å². The third kappa shape index (κ3) is 26.5. The number of benzene rings is 11. The molecule has 23 rings (SSSR count). The fraction of sp³-hybridized carbons (Fsp3) is 0.165. The maximum Gasteiger partial charge on any atom is 0.213 e. The van der Waals surface area contributed by atoms with Crippen LogP contribution < -0.4 is 9.13 Å². The summed E-state index contributed by atoms with van der Waals surface area (Å²) in [5, 5.41) is 0. The van der Waals surface area contributed by atoms with Crippen LogP contribution in [-0.2, 0) is 125 Å². The molecule has 1 fully saturated rings. The van der Waals surface area contributed by atoms with E-state index in [0.29, 0.717) is 5.92 Å². The van der Waals surface area contributed by atoms with Gasteiger partial charge in [-0.05, 0) is 246 Å². The van der Waals surface area contributed by atoms with Crippen molar-refractivity contribution in [1.82, 2.24) is 29.9 Å². The van der Waals surface area contributed by atoms with Crippen LogP contribution >= 0.6 is 0 Å². The number of nitrogens with zero attached hydrogens (tertiary/aromatic N) is 8. The second kappa shape index (κ2) is 50.1. The molecule has 11 heteroatoms. The number of hydrogen-bond acceptors (Lipinski definition) is 6. The van der Waals surface area contributed by atoms with Gasteiger partial charge in [-0.25, -0.2) is 0 Å². The summed E-state index contributed by atoms with van der Waals surface area (Å²) in [5.41, 5.74) is 39.4. The van der Waals surface area contributed by atoms with Gasteiger partial charge < -0.3 is 34.5 Å². The zero-order valence-electron chi connectivity index (χ0n) is 78.0. The van der Waals surface area contributed by atoms with E-state index in [9.17, 15) is 0 Å². The van der Waals surface area contributed by atoms with Gasteiger partial charge in [0.2, 0.25) is 5.69 Å². The largest absolute Gasteiger partial charge is 0.307 e. The van der Waals surface area contributed by atoms with Gasteiger partial charge in [0.05, 0.1) is 11.8 Å². The Hall–Kier alpha value is -13.4. The van der Waals surface area contributed by atoms with E-state index in [1.54, 1.807) is 40.2 Å². The van der Waals surface area contributed by atoms with Crippen molar-refractivity contribution >= 4 is 0 Å². The summed E-state index contributed by atoms with van der Waals surface area (Å²) in [4.78, 5) is 27.2. The number of rotatable bonds is 20. The number of fused-ring (bicyclic) bond motifs is 9. The molecule has 9 heterocycles. The third-order valence-corrected chi connectivity index (χ3v) is 25.6. The maximum atomic E-state index is 4.75. The number of hydrogen-bond donors (Lipinski definition) is 0. The predicted molar refractivity (Wildman–Crippen MR) is 547 cm³/mol. The number of aryl methyl sites for hydroxylation is 9. The van der Waals surface area contributed by atoms with E-state index in [-0.39, 0.29) is 60.3 Å². The van der Waals surface area contributed by atoms with Crippen molar-refractivity contribution in [2.75, 3.05) is 0 Å². The summed E-state index contributed by atoms with van der Waals surface area (Å²) in [7, 11) is 0. The molecule has 138 heavy (non-hydrogen) atoms. The smallest absolute Gasteiger partial charge is 0.213 e. The van der Waals surface area contributed by atoms with Gasteiger partial charge in [0.15, 0.2) is 12.7 Å². The summed E-state index contributed by atoms with van der Waals surface area (Å²) in [6.07, 6.45) is 33.7. The van der Waals surface area contributed by atoms with Crippen molar-refractivity contribution in [1.29, 1.82) is 0 Å². The first-order valence-corrected chi connectivity index (χ1v) is 47.5. The molecule has 8 nitrogen and oxygen atoms in total. The Bertz CT molecular complexity index is 6920. The fourth-order valence-electron chi connectivity index (χ4n) is 18.5. The van der Waals surface area contributed by atoms with E-state index in [4.69, 9.17) is 9.97 Å². The summed E-state index contributed by atoms with van der Waals surface area (Å²) in [6, 6.07) is 145. The van der Waals surface area contributed by atoms with E-state index in [2.05, 4.69) is 252 Å². The van der Waals surface area contributed by atoms with Crippen LogP contribution in [0, 0.1) is 61.5 Å². The zero-order valence-corrected chi connectivity index (χ0v) is 85.2. The first-order valence-electron chi connectivity index (χ1n) is 47.5. The SMILES string of the molecule is CC(C)Cc1cccc(-c2[c-]cccc2)n1.Cc1ccccc1-c1ccc(-c2[c-]cccc2)nc1.[Ir].[Ir].[Ir].[c-]1ccc(-c2ccccc2)cc1-c1ccccn1.[c-]1ccccc1-c1ccc(CCc2ccc(CCc3cc[c-]c(-[n+]4[c-]cccc4)c3)cc2CCc2ccc(-c3[c-]cccc3)nc2)cn1.[c-]1ccccc1-c1ccccn1.c1c2c(cc3c1C[n+]1cc4c(cc1-3)C1CCC4C1)CCCC2. The number of aromatic nitrogens is 8. The minimum absolute atomic E-state index is 0. The van der Waals surface area contributed by atoms with E-state index in [0.717, 1.165) is 148 Å². The van der Waals surface area contributed by atoms with Gasteiger partial charge in [-0.1, -0.05) is 172 Å². The van der Waals surface area contributed by atoms with Crippen molar-refractivity contribution in [3.05, 3.63) is 522 Å². The maximum absolute atomic E-state index is 4.75. The van der Waals surface area contributed by atoms with Gasteiger partial charge in [0, 0.05) is 120 Å². The second-order valence-corrected chi connectivity index (χ2v) is 35.4. The van der Waals surface area contributed by atoms with Crippen LogP contribution in [0.4, 0.5) is 0 Å². The van der Waals surface area contributed by atoms with Gasteiger partial charge in [-0.2, -0.15) is 28.3 Å². The summed E-state index contributed by atoms with van der Waals surface area (Å²) < 4.78 is 4.52. The van der Waals surface area contributed by atoms with Crippen molar-refractivity contribution in [3.63, 3.8) is 0 Å². The minimum Gasteiger partial charge on any atom is -0.307 e. The standard InChI is InChI=1S/C45H36N3.C21H22N.C18H14N.C17H12N.C15H16N.C11H8N.3Ir/c1-4-12-40(13-5-1)44-27-22-37(33-46-44)20-25-39-24-19-36(18-17-35-11-10-16-43(32-35)48-29-8-3-9-30-48)31-42(39)26-21-38-23-28-45(47-34-38)41-14-6-2-7-15-41;1-2-4-14-9-19-17(7-13(14)3-1)11-22-12-20-16-6-5-15(8-16)18(20)10-21(19)22;1-14-7-5-6-10-17(14)16-11-12-18(19-13-16)15-8-3-2-4-9-15;1-2-7-14(8-3-1)15-9-6-10-16(13-15)17-11-4-5-12-18-17;1-12(2)11-14-9-6-10-15(16-14)13-7-4-3-5-8-13;1-2-6-10(7-3-1)11-8-4-5-9-12-11;;;/h1-12,14,19,22-24,27-29,31-34H,17-18,20-21,25-26H2;7,9-10,12,15-16H,1-6,8,11H2;2-8,10-13H,1H3;1-9,11-13H;3-7,9-10,12H,11H2,1-2H3;1-6,8-9H;;;/q-3;+1;4*-1;;;. The van der Waals surface area contributed by atoms with E-state index in [1.807, 2.05) is 236 Å². The van der Waals surface area contributed by atoms with E-state index >= 15 is 0 Å². The van der Waals surface area contributed by atoms with E-state index < -0.39 is 0 Å². The Morgan fingerprint density at radius 3 is 1.43 bits per heavy atom. The normalized spacial score (nSPS) is 12.9. The molecule has 2 bridgehead atoms. The Kier molecular flexibility index (Phi) is 35.9. The van der Waals surface area contributed by atoms with Crippen LogP contribution in [0.5, 0.6) is 0 Å².